The molecular weight excluding hydrogens is 378 g/mol. The van der Waals surface area contributed by atoms with Crippen LogP contribution in [-0.2, 0) is 27.5 Å². The summed E-state index contributed by atoms with van der Waals surface area (Å²) in [6.45, 7) is 2.84. The lowest BCUT2D eigenvalue weighted by Gasteiger charge is -2.13. The predicted molar refractivity (Wildman–Crippen MR) is 93.9 cm³/mol. The highest BCUT2D eigenvalue weighted by Gasteiger charge is 2.36. The number of amides is 2. The van der Waals surface area contributed by atoms with Crippen LogP contribution in [0.15, 0.2) is 18.2 Å². The number of hydrogen-bond donors (Lipinski definition) is 1. The second kappa shape index (κ2) is 8.49. The number of aromatic nitrogens is 2. The van der Waals surface area contributed by atoms with Crippen LogP contribution in [0.5, 0.6) is 0 Å². The Bertz CT molecular complexity index is 845. The molecule has 0 saturated carbocycles. The first-order chi connectivity index (χ1) is 13.0. The molecule has 3 rings (SSSR count). The highest BCUT2D eigenvalue weighted by molar-refractivity contribution is 7.15. The molecule has 1 fully saturated rings. The van der Waals surface area contributed by atoms with Crippen molar-refractivity contribution in [2.75, 3.05) is 18.1 Å². The fourth-order valence-electron chi connectivity index (χ4n) is 2.66. The highest BCUT2D eigenvalue weighted by Crippen LogP contribution is 2.28. The van der Waals surface area contributed by atoms with Gasteiger partial charge in [-0.3, -0.25) is 14.5 Å². The van der Waals surface area contributed by atoms with E-state index in [2.05, 4.69) is 15.5 Å². The second-order valence-corrected chi connectivity index (χ2v) is 7.01. The van der Waals surface area contributed by atoms with Crippen LogP contribution in [0.25, 0.3) is 0 Å². The number of rotatable bonds is 7. The van der Waals surface area contributed by atoms with Crippen LogP contribution in [0.3, 0.4) is 0 Å². The van der Waals surface area contributed by atoms with Gasteiger partial charge in [0.15, 0.2) is 0 Å². The molecule has 144 valence electrons. The molecule has 1 aliphatic rings. The Hall–Kier alpha value is -2.46. The van der Waals surface area contributed by atoms with E-state index < -0.39 is 17.6 Å². The highest BCUT2D eigenvalue weighted by atomic mass is 32.1. The topological polar surface area (TPSA) is 84.4 Å². The molecule has 1 saturated heterocycles. The average Bonchev–Trinajstić information content (AvgIpc) is 3.25. The molecule has 0 aliphatic carbocycles. The molecule has 2 heterocycles. The Labute approximate surface area is 158 Å². The number of carbonyl (C=O) groups excluding carboxylic acids is 2. The van der Waals surface area contributed by atoms with Gasteiger partial charge in [0.25, 0.3) is 0 Å². The maximum Gasteiger partial charge on any atom is 0.229 e. The summed E-state index contributed by atoms with van der Waals surface area (Å²) in [5.74, 6) is -2.56. The van der Waals surface area contributed by atoms with E-state index >= 15 is 0 Å². The first kappa shape index (κ1) is 19.3. The van der Waals surface area contributed by atoms with Gasteiger partial charge in [0, 0.05) is 37.7 Å². The lowest BCUT2D eigenvalue weighted by molar-refractivity contribution is -0.126. The summed E-state index contributed by atoms with van der Waals surface area (Å²) in [4.78, 5) is 26.0. The maximum atomic E-state index is 13.6. The molecule has 2 amide bonds. The average molecular weight is 396 g/mol. The zero-order valence-electron chi connectivity index (χ0n) is 14.6. The smallest absolute Gasteiger partial charge is 0.229 e. The maximum absolute atomic E-state index is 13.6. The van der Waals surface area contributed by atoms with Gasteiger partial charge in [-0.05, 0) is 13.0 Å². The van der Waals surface area contributed by atoms with Crippen molar-refractivity contribution in [1.82, 2.24) is 15.5 Å². The predicted octanol–water partition coefficient (Wildman–Crippen LogP) is 2.02. The van der Waals surface area contributed by atoms with E-state index in [-0.39, 0.29) is 36.9 Å². The summed E-state index contributed by atoms with van der Waals surface area (Å²) in [5.41, 5.74) is 0.176. The molecule has 7 nitrogen and oxygen atoms in total. The zero-order chi connectivity index (χ0) is 19.4. The van der Waals surface area contributed by atoms with Gasteiger partial charge in [-0.15, -0.1) is 10.2 Å². The SMILES string of the molecule is CCOCc1nnc(N2CC(C(=O)NCc3ccc(F)cc3F)CC2=O)s1. The number of nitrogens with zero attached hydrogens (tertiary/aromatic N) is 3. The van der Waals surface area contributed by atoms with Crippen molar-refractivity contribution in [2.45, 2.75) is 26.5 Å². The number of carbonyl (C=O) groups is 2. The van der Waals surface area contributed by atoms with Gasteiger partial charge in [-0.25, -0.2) is 8.78 Å². The number of ether oxygens (including phenoxy) is 1. The second-order valence-electron chi connectivity index (χ2n) is 5.97. The quantitative estimate of drug-likeness (QED) is 0.774. The van der Waals surface area contributed by atoms with Gasteiger partial charge in [-0.1, -0.05) is 17.4 Å². The fraction of sp³-hybridized carbons (Fsp3) is 0.412. The zero-order valence-corrected chi connectivity index (χ0v) is 15.4. The van der Waals surface area contributed by atoms with Gasteiger partial charge < -0.3 is 10.1 Å². The third-order valence-corrected chi connectivity index (χ3v) is 5.00. The largest absolute Gasteiger partial charge is 0.374 e. The number of benzene rings is 1. The first-order valence-corrected chi connectivity index (χ1v) is 9.21. The van der Waals surface area contributed by atoms with Crippen molar-refractivity contribution in [3.63, 3.8) is 0 Å². The van der Waals surface area contributed by atoms with E-state index in [1.54, 1.807) is 0 Å². The van der Waals surface area contributed by atoms with Crippen LogP contribution in [0.4, 0.5) is 13.9 Å². The van der Waals surface area contributed by atoms with E-state index in [0.29, 0.717) is 23.4 Å². The fourth-order valence-corrected chi connectivity index (χ4v) is 3.46. The Balaban J connectivity index is 1.57. The van der Waals surface area contributed by atoms with Crippen molar-refractivity contribution in [1.29, 1.82) is 0 Å². The molecule has 1 unspecified atom stereocenters. The Morgan fingerprint density at radius 1 is 1.41 bits per heavy atom. The summed E-state index contributed by atoms with van der Waals surface area (Å²) in [6, 6.07) is 3.16. The first-order valence-electron chi connectivity index (χ1n) is 8.40. The summed E-state index contributed by atoms with van der Waals surface area (Å²) in [5, 5.41) is 11.6. The number of halogens is 2. The van der Waals surface area contributed by atoms with Crippen molar-refractivity contribution >= 4 is 28.3 Å². The van der Waals surface area contributed by atoms with E-state index in [4.69, 9.17) is 4.74 Å². The summed E-state index contributed by atoms with van der Waals surface area (Å²) >= 11 is 1.24. The minimum Gasteiger partial charge on any atom is -0.374 e. The van der Waals surface area contributed by atoms with E-state index in [1.807, 2.05) is 6.92 Å². The summed E-state index contributed by atoms with van der Waals surface area (Å²) in [7, 11) is 0. The van der Waals surface area contributed by atoms with Gasteiger partial charge in [0.1, 0.15) is 23.2 Å². The lowest BCUT2D eigenvalue weighted by atomic mass is 10.1. The van der Waals surface area contributed by atoms with Crippen molar-refractivity contribution in [2.24, 2.45) is 5.92 Å². The normalized spacial score (nSPS) is 16.8. The van der Waals surface area contributed by atoms with Crippen molar-refractivity contribution < 1.29 is 23.1 Å². The van der Waals surface area contributed by atoms with Crippen molar-refractivity contribution in [3.05, 3.63) is 40.4 Å². The van der Waals surface area contributed by atoms with Crippen LogP contribution in [0.2, 0.25) is 0 Å². The molecule has 0 spiro atoms. The molecule has 1 N–H and O–H groups in total. The van der Waals surface area contributed by atoms with Gasteiger partial charge in [0.05, 0.1) is 5.92 Å². The molecular formula is C17H18F2N4O3S. The monoisotopic (exact) mass is 396 g/mol. The number of nitrogens with one attached hydrogen (secondary N) is 1. The minimum atomic E-state index is -0.727. The van der Waals surface area contributed by atoms with Crippen LogP contribution in [0.1, 0.15) is 23.9 Å². The molecule has 1 atom stereocenters. The van der Waals surface area contributed by atoms with E-state index in [0.717, 1.165) is 12.1 Å². The third-order valence-electron chi connectivity index (χ3n) is 4.08. The third kappa shape index (κ3) is 4.64. The standard InChI is InChI=1S/C17H18F2N4O3S/c1-2-26-9-14-21-22-17(27-14)23-8-11(5-15(23)24)16(25)20-7-10-3-4-12(18)6-13(10)19/h3-4,6,11H,2,5,7-9H2,1H3,(H,20,25). The van der Waals surface area contributed by atoms with E-state index in [9.17, 15) is 18.4 Å². The van der Waals surface area contributed by atoms with Crippen LogP contribution < -0.4 is 10.2 Å². The molecule has 1 aliphatic heterocycles. The van der Waals surface area contributed by atoms with Crippen LogP contribution >= 0.6 is 11.3 Å². The molecule has 0 bridgehead atoms. The van der Waals surface area contributed by atoms with Gasteiger partial charge >= 0.3 is 0 Å². The molecule has 10 heteroatoms. The molecule has 0 radical (unpaired) electrons. The van der Waals surface area contributed by atoms with Crippen LogP contribution in [-0.4, -0.2) is 35.2 Å². The van der Waals surface area contributed by atoms with Crippen molar-refractivity contribution in [3.8, 4) is 0 Å². The molecule has 1 aromatic heterocycles. The number of hydrogen-bond acceptors (Lipinski definition) is 6. The Kier molecular flexibility index (Phi) is 6.07. The molecule has 27 heavy (non-hydrogen) atoms. The Morgan fingerprint density at radius 2 is 2.22 bits per heavy atom. The molecule has 2 aromatic rings. The Morgan fingerprint density at radius 3 is 2.96 bits per heavy atom. The number of anilines is 1. The summed E-state index contributed by atoms with van der Waals surface area (Å²) in [6.07, 6.45) is 0.0398. The minimum absolute atomic E-state index is 0.0398. The summed E-state index contributed by atoms with van der Waals surface area (Å²) < 4.78 is 31.8. The molecule has 1 aromatic carbocycles. The van der Waals surface area contributed by atoms with Gasteiger partial charge in [0.2, 0.25) is 16.9 Å². The lowest BCUT2D eigenvalue weighted by Crippen LogP contribution is -2.32. The van der Waals surface area contributed by atoms with E-state index in [1.165, 1.54) is 22.3 Å². The van der Waals surface area contributed by atoms with Crippen LogP contribution in [0, 0.1) is 17.6 Å². The van der Waals surface area contributed by atoms with Gasteiger partial charge in [-0.2, -0.15) is 0 Å².